The monoisotopic (exact) mass is 225 g/mol. The second-order valence-electron chi connectivity index (χ2n) is 3.41. The van der Waals surface area contributed by atoms with Crippen molar-refractivity contribution >= 4 is 11.0 Å². The van der Waals surface area contributed by atoms with Gasteiger partial charge in [-0.1, -0.05) is 13.8 Å². The second kappa shape index (κ2) is 4.92. The molecular formula is C11H16FN3O. The van der Waals surface area contributed by atoms with Crippen LogP contribution in [0.3, 0.4) is 0 Å². The summed E-state index contributed by atoms with van der Waals surface area (Å²) in [5, 5.41) is 0.0289. The van der Waals surface area contributed by atoms with Crippen LogP contribution in [0, 0.1) is 5.82 Å². The Hall–Kier alpha value is -1.65. The summed E-state index contributed by atoms with van der Waals surface area (Å²) in [6, 6.07) is 0.0799. The molecule has 0 aliphatic carbocycles. The van der Waals surface area contributed by atoms with E-state index in [1.807, 2.05) is 27.7 Å². The molecule has 16 heavy (non-hydrogen) atoms. The van der Waals surface area contributed by atoms with E-state index < -0.39 is 11.4 Å². The normalized spacial score (nSPS) is 10.4. The maximum atomic E-state index is 13.3. The lowest BCUT2D eigenvalue weighted by Crippen LogP contribution is -2.08. The van der Waals surface area contributed by atoms with Gasteiger partial charge in [0.25, 0.3) is 5.56 Å². The molecule has 88 valence electrons. The maximum absolute atomic E-state index is 13.3. The molecule has 0 radical (unpaired) electrons. The number of hydrogen-bond donors (Lipinski definition) is 1. The van der Waals surface area contributed by atoms with Crippen LogP contribution in [0.5, 0.6) is 0 Å². The molecule has 5 heteroatoms. The van der Waals surface area contributed by atoms with Gasteiger partial charge in [0.05, 0.1) is 6.33 Å². The van der Waals surface area contributed by atoms with E-state index in [2.05, 4.69) is 9.97 Å². The molecular weight excluding hydrogens is 209 g/mol. The van der Waals surface area contributed by atoms with Crippen molar-refractivity contribution in [2.24, 2.45) is 0 Å². The lowest BCUT2D eigenvalue weighted by molar-refractivity contribution is 0.585. The van der Waals surface area contributed by atoms with E-state index in [1.54, 1.807) is 4.57 Å². The average molecular weight is 225 g/mol. The number of H-pyrrole nitrogens is 1. The molecule has 1 N–H and O–H groups in total. The van der Waals surface area contributed by atoms with Crippen molar-refractivity contribution in [1.82, 2.24) is 14.5 Å². The molecule has 4 nitrogen and oxygen atoms in total. The standard InChI is InChI=1S/C9H10FN3O.C2H6/c1-5(2)13-3-6(10)7-8(13)11-4-12-9(7)14;1-2/h3-5H,1-2H3,(H,11,12,14);1-2H3. The molecule has 2 aromatic rings. The Bertz CT molecular complexity index is 527. The summed E-state index contributed by atoms with van der Waals surface area (Å²) in [6.07, 6.45) is 2.58. The van der Waals surface area contributed by atoms with E-state index in [0.717, 1.165) is 0 Å². The Kier molecular flexibility index (Phi) is 3.82. The molecule has 0 amide bonds. The Morgan fingerprint density at radius 3 is 2.62 bits per heavy atom. The van der Waals surface area contributed by atoms with E-state index in [9.17, 15) is 9.18 Å². The highest BCUT2D eigenvalue weighted by Crippen LogP contribution is 2.17. The third kappa shape index (κ3) is 1.98. The SMILES string of the molecule is CC.CC(C)n1cc(F)c2c(=O)[nH]cnc21. The summed E-state index contributed by atoms with van der Waals surface area (Å²) in [5.74, 6) is -0.525. The Labute approximate surface area is 93.1 Å². The number of nitrogens with one attached hydrogen (secondary N) is 1. The molecule has 2 aromatic heterocycles. The summed E-state index contributed by atoms with van der Waals surface area (Å²) in [7, 11) is 0. The lowest BCUT2D eigenvalue weighted by Gasteiger charge is -2.06. The molecule has 0 atom stereocenters. The first-order valence-electron chi connectivity index (χ1n) is 5.35. The van der Waals surface area contributed by atoms with Gasteiger partial charge in [0.15, 0.2) is 11.5 Å². The van der Waals surface area contributed by atoms with Crippen molar-refractivity contribution in [3.8, 4) is 0 Å². The molecule has 0 aliphatic heterocycles. The summed E-state index contributed by atoms with van der Waals surface area (Å²) >= 11 is 0. The van der Waals surface area contributed by atoms with Crippen molar-refractivity contribution in [1.29, 1.82) is 0 Å². The minimum Gasteiger partial charge on any atom is -0.327 e. The lowest BCUT2D eigenvalue weighted by atomic mass is 10.4. The molecule has 0 aromatic carbocycles. The molecule has 0 bridgehead atoms. The second-order valence-corrected chi connectivity index (χ2v) is 3.41. The maximum Gasteiger partial charge on any atom is 0.263 e. The molecule has 0 unspecified atom stereocenters. The zero-order chi connectivity index (χ0) is 12.3. The molecule has 0 saturated carbocycles. The first kappa shape index (κ1) is 12.4. The minimum absolute atomic E-state index is 0.0289. The highest BCUT2D eigenvalue weighted by atomic mass is 19.1. The molecule has 2 heterocycles. The van der Waals surface area contributed by atoms with Crippen LogP contribution in [-0.4, -0.2) is 14.5 Å². The summed E-state index contributed by atoms with van der Waals surface area (Å²) < 4.78 is 15.0. The van der Waals surface area contributed by atoms with Crippen molar-refractivity contribution < 1.29 is 4.39 Å². The van der Waals surface area contributed by atoms with Crippen LogP contribution in [0.2, 0.25) is 0 Å². The van der Waals surface area contributed by atoms with Crippen molar-refractivity contribution in [3.05, 3.63) is 28.7 Å². The predicted molar refractivity (Wildman–Crippen MR) is 62.0 cm³/mol. The van der Waals surface area contributed by atoms with Crippen LogP contribution in [0.15, 0.2) is 17.3 Å². The van der Waals surface area contributed by atoms with E-state index in [1.165, 1.54) is 12.5 Å². The van der Waals surface area contributed by atoms with Crippen molar-refractivity contribution in [2.45, 2.75) is 33.7 Å². The van der Waals surface area contributed by atoms with E-state index in [0.29, 0.717) is 5.65 Å². The third-order valence-electron chi connectivity index (χ3n) is 2.13. The Morgan fingerprint density at radius 2 is 2.06 bits per heavy atom. The number of rotatable bonds is 1. The van der Waals surface area contributed by atoms with Crippen LogP contribution in [0.4, 0.5) is 4.39 Å². The van der Waals surface area contributed by atoms with E-state index in [4.69, 9.17) is 0 Å². The van der Waals surface area contributed by atoms with Gasteiger partial charge < -0.3 is 9.55 Å². The van der Waals surface area contributed by atoms with Gasteiger partial charge in [-0.15, -0.1) is 0 Å². The quantitative estimate of drug-likeness (QED) is 0.810. The van der Waals surface area contributed by atoms with Gasteiger partial charge in [-0.05, 0) is 13.8 Å². The smallest absolute Gasteiger partial charge is 0.263 e. The van der Waals surface area contributed by atoms with Gasteiger partial charge in [0.2, 0.25) is 0 Å². The number of fused-ring (bicyclic) bond motifs is 1. The number of hydrogen-bond acceptors (Lipinski definition) is 2. The summed E-state index contributed by atoms with van der Waals surface area (Å²) in [4.78, 5) is 17.6. The average Bonchev–Trinajstić information content (AvgIpc) is 2.61. The number of nitrogens with zero attached hydrogens (tertiary/aromatic N) is 2. The fraction of sp³-hybridized carbons (Fsp3) is 0.455. The van der Waals surface area contributed by atoms with Crippen LogP contribution < -0.4 is 5.56 Å². The highest BCUT2D eigenvalue weighted by Gasteiger charge is 2.13. The van der Waals surface area contributed by atoms with Gasteiger partial charge in [-0.3, -0.25) is 4.79 Å². The zero-order valence-corrected chi connectivity index (χ0v) is 9.91. The van der Waals surface area contributed by atoms with E-state index >= 15 is 0 Å². The molecule has 0 aliphatic rings. The van der Waals surface area contributed by atoms with Crippen LogP contribution in [0.1, 0.15) is 33.7 Å². The largest absolute Gasteiger partial charge is 0.327 e. The number of halogens is 1. The summed E-state index contributed by atoms with van der Waals surface area (Å²) in [6.45, 7) is 7.81. The Morgan fingerprint density at radius 1 is 1.44 bits per heavy atom. The molecule has 2 rings (SSSR count). The fourth-order valence-corrected chi connectivity index (χ4v) is 1.44. The Balaban J connectivity index is 0.000000606. The van der Waals surface area contributed by atoms with Crippen LogP contribution in [-0.2, 0) is 0 Å². The number of aromatic amines is 1. The molecule has 0 fully saturated rings. The fourth-order valence-electron chi connectivity index (χ4n) is 1.44. The first-order chi connectivity index (χ1) is 7.61. The van der Waals surface area contributed by atoms with Crippen LogP contribution in [0.25, 0.3) is 11.0 Å². The van der Waals surface area contributed by atoms with Gasteiger partial charge in [0, 0.05) is 12.2 Å². The van der Waals surface area contributed by atoms with Crippen molar-refractivity contribution in [3.63, 3.8) is 0 Å². The zero-order valence-electron chi connectivity index (χ0n) is 9.91. The van der Waals surface area contributed by atoms with Gasteiger partial charge in [0.1, 0.15) is 5.39 Å². The summed E-state index contributed by atoms with van der Waals surface area (Å²) in [5.41, 5.74) is -0.0480. The molecule has 0 saturated heterocycles. The third-order valence-corrected chi connectivity index (χ3v) is 2.13. The van der Waals surface area contributed by atoms with Gasteiger partial charge in [-0.2, -0.15) is 0 Å². The topological polar surface area (TPSA) is 50.7 Å². The first-order valence-corrected chi connectivity index (χ1v) is 5.35. The van der Waals surface area contributed by atoms with Gasteiger partial charge >= 0.3 is 0 Å². The van der Waals surface area contributed by atoms with Crippen molar-refractivity contribution in [2.75, 3.05) is 0 Å². The number of aromatic nitrogens is 3. The molecule has 0 spiro atoms. The van der Waals surface area contributed by atoms with Crippen LogP contribution >= 0.6 is 0 Å². The van der Waals surface area contributed by atoms with E-state index in [-0.39, 0.29) is 11.4 Å². The van der Waals surface area contributed by atoms with Gasteiger partial charge in [-0.25, -0.2) is 9.37 Å². The minimum atomic E-state index is -0.525. The highest BCUT2D eigenvalue weighted by molar-refractivity contribution is 5.75. The predicted octanol–water partition coefficient (Wildman–Crippen LogP) is 2.47.